The van der Waals surface area contributed by atoms with Crippen LogP contribution in [0.15, 0.2) is 54.7 Å². The van der Waals surface area contributed by atoms with E-state index in [1.807, 2.05) is 24.3 Å². The Bertz CT molecular complexity index is 910. The highest BCUT2D eigenvalue weighted by Gasteiger charge is 2.12. The summed E-state index contributed by atoms with van der Waals surface area (Å²) < 4.78 is 4.77. The summed E-state index contributed by atoms with van der Waals surface area (Å²) >= 11 is 0. The highest BCUT2D eigenvalue weighted by Crippen LogP contribution is 2.30. The second-order valence-electron chi connectivity index (χ2n) is 4.74. The number of pyridine rings is 1. The smallest absolute Gasteiger partial charge is 0.337 e. The Morgan fingerprint density at radius 2 is 2.05 bits per heavy atom. The SMILES string of the molecule is COC(=O)c1ccc2cccc(-c3ncccc3C#N)c2c1. The van der Waals surface area contributed by atoms with Gasteiger partial charge in [-0.05, 0) is 35.0 Å². The molecular weight excluding hydrogens is 276 g/mol. The maximum absolute atomic E-state index is 11.7. The molecule has 0 bridgehead atoms. The van der Waals surface area contributed by atoms with Gasteiger partial charge in [0.2, 0.25) is 0 Å². The summed E-state index contributed by atoms with van der Waals surface area (Å²) in [5.74, 6) is -0.391. The monoisotopic (exact) mass is 288 g/mol. The van der Waals surface area contributed by atoms with E-state index >= 15 is 0 Å². The number of rotatable bonds is 2. The molecule has 3 rings (SSSR count). The van der Waals surface area contributed by atoms with E-state index in [1.165, 1.54) is 7.11 Å². The second kappa shape index (κ2) is 5.66. The third-order valence-electron chi connectivity index (χ3n) is 3.49. The molecule has 0 aliphatic heterocycles. The fraction of sp³-hybridized carbons (Fsp3) is 0.0556. The van der Waals surface area contributed by atoms with Crippen LogP contribution in [-0.2, 0) is 4.74 Å². The van der Waals surface area contributed by atoms with Gasteiger partial charge in [0.05, 0.1) is 23.9 Å². The molecule has 0 spiro atoms. The van der Waals surface area contributed by atoms with E-state index in [0.29, 0.717) is 16.8 Å². The molecule has 0 fully saturated rings. The van der Waals surface area contributed by atoms with Crippen LogP contribution in [0.3, 0.4) is 0 Å². The number of hydrogen-bond acceptors (Lipinski definition) is 4. The van der Waals surface area contributed by atoms with Gasteiger partial charge < -0.3 is 4.74 Å². The Labute approximate surface area is 127 Å². The first-order valence-electron chi connectivity index (χ1n) is 6.71. The lowest BCUT2D eigenvalue weighted by Gasteiger charge is -2.09. The maximum atomic E-state index is 11.7. The molecule has 0 aliphatic rings. The first-order chi connectivity index (χ1) is 10.7. The minimum absolute atomic E-state index is 0.391. The number of hydrogen-bond donors (Lipinski definition) is 0. The average molecular weight is 288 g/mol. The molecule has 4 nitrogen and oxygen atoms in total. The minimum atomic E-state index is -0.391. The van der Waals surface area contributed by atoms with Crippen LogP contribution in [-0.4, -0.2) is 18.1 Å². The maximum Gasteiger partial charge on any atom is 0.337 e. The number of benzene rings is 2. The van der Waals surface area contributed by atoms with E-state index in [9.17, 15) is 10.1 Å². The van der Waals surface area contributed by atoms with Crippen LogP contribution in [0.2, 0.25) is 0 Å². The molecule has 0 saturated carbocycles. The van der Waals surface area contributed by atoms with Gasteiger partial charge in [-0.3, -0.25) is 4.98 Å². The Morgan fingerprint density at radius 1 is 1.18 bits per heavy atom. The third-order valence-corrected chi connectivity index (χ3v) is 3.49. The van der Waals surface area contributed by atoms with Crippen LogP contribution < -0.4 is 0 Å². The molecular formula is C18H12N2O2. The average Bonchev–Trinajstić information content (AvgIpc) is 2.60. The quantitative estimate of drug-likeness (QED) is 0.676. The number of nitrogens with zero attached hydrogens (tertiary/aromatic N) is 2. The summed E-state index contributed by atoms with van der Waals surface area (Å²) in [6.45, 7) is 0. The van der Waals surface area contributed by atoms with E-state index in [0.717, 1.165) is 16.3 Å². The lowest BCUT2D eigenvalue weighted by Crippen LogP contribution is -2.01. The van der Waals surface area contributed by atoms with Gasteiger partial charge in [0.25, 0.3) is 0 Å². The lowest BCUT2D eigenvalue weighted by molar-refractivity contribution is 0.0601. The van der Waals surface area contributed by atoms with Crippen LogP contribution in [0.1, 0.15) is 15.9 Å². The van der Waals surface area contributed by atoms with Gasteiger partial charge in [0.1, 0.15) is 6.07 Å². The first-order valence-corrected chi connectivity index (χ1v) is 6.71. The summed E-state index contributed by atoms with van der Waals surface area (Å²) in [5.41, 5.74) is 2.40. The van der Waals surface area contributed by atoms with Crippen LogP contribution >= 0.6 is 0 Å². The lowest BCUT2D eigenvalue weighted by atomic mass is 9.97. The molecule has 22 heavy (non-hydrogen) atoms. The molecule has 1 heterocycles. The normalized spacial score (nSPS) is 10.2. The molecule has 0 atom stereocenters. The minimum Gasteiger partial charge on any atom is -0.465 e. The molecule has 2 aromatic carbocycles. The predicted molar refractivity (Wildman–Crippen MR) is 83.2 cm³/mol. The Hall–Kier alpha value is -3.19. The summed E-state index contributed by atoms with van der Waals surface area (Å²) in [5, 5.41) is 11.1. The van der Waals surface area contributed by atoms with Crippen molar-refractivity contribution >= 4 is 16.7 Å². The van der Waals surface area contributed by atoms with Crippen LogP contribution in [0.5, 0.6) is 0 Å². The molecule has 0 unspecified atom stereocenters. The molecule has 106 valence electrons. The van der Waals surface area contributed by atoms with Crippen molar-refractivity contribution in [1.29, 1.82) is 5.26 Å². The standard InChI is InChI=1S/C18H12N2O2/c1-22-18(21)13-8-7-12-4-2-6-15(16(12)10-13)17-14(11-19)5-3-9-20-17/h2-10H,1H3. The molecule has 0 amide bonds. The Morgan fingerprint density at radius 3 is 2.82 bits per heavy atom. The molecule has 0 N–H and O–H groups in total. The topological polar surface area (TPSA) is 63.0 Å². The first kappa shape index (κ1) is 13.8. The number of esters is 1. The zero-order valence-electron chi connectivity index (χ0n) is 11.9. The van der Waals surface area contributed by atoms with Crippen molar-refractivity contribution < 1.29 is 9.53 Å². The highest BCUT2D eigenvalue weighted by atomic mass is 16.5. The molecule has 3 aromatic rings. The van der Waals surface area contributed by atoms with E-state index in [1.54, 1.807) is 30.5 Å². The number of aromatic nitrogens is 1. The van der Waals surface area contributed by atoms with Gasteiger partial charge in [-0.2, -0.15) is 5.26 Å². The largest absolute Gasteiger partial charge is 0.465 e. The van der Waals surface area contributed by atoms with E-state index in [-0.39, 0.29) is 0 Å². The second-order valence-corrected chi connectivity index (χ2v) is 4.74. The summed E-state index contributed by atoms with van der Waals surface area (Å²) in [7, 11) is 1.35. The number of ether oxygens (including phenoxy) is 1. The summed E-state index contributed by atoms with van der Waals surface area (Å²) in [6, 6.07) is 16.7. The van der Waals surface area contributed by atoms with Gasteiger partial charge >= 0.3 is 5.97 Å². The fourth-order valence-electron chi connectivity index (χ4n) is 2.43. The van der Waals surface area contributed by atoms with Gasteiger partial charge in [-0.1, -0.05) is 24.3 Å². The zero-order chi connectivity index (χ0) is 15.5. The fourth-order valence-corrected chi connectivity index (χ4v) is 2.43. The molecule has 0 radical (unpaired) electrons. The molecule has 0 aliphatic carbocycles. The number of carbonyl (C=O) groups is 1. The Balaban J connectivity index is 2.30. The van der Waals surface area contributed by atoms with Crippen LogP contribution in [0.25, 0.3) is 22.0 Å². The van der Waals surface area contributed by atoms with Crippen LogP contribution in [0.4, 0.5) is 0 Å². The third kappa shape index (κ3) is 2.29. The van der Waals surface area contributed by atoms with Crippen molar-refractivity contribution in [2.24, 2.45) is 0 Å². The van der Waals surface area contributed by atoms with Crippen LogP contribution in [0, 0.1) is 11.3 Å². The zero-order valence-corrected chi connectivity index (χ0v) is 11.9. The van der Waals surface area contributed by atoms with E-state index in [4.69, 9.17) is 4.74 Å². The van der Waals surface area contributed by atoms with Crippen molar-refractivity contribution in [3.63, 3.8) is 0 Å². The molecule has 1 aromatic heterocycles. The van der Waals surface area contributed by atoms with Crippen molar-refractivity contribution in [3.8, 4) is 17.3 Å². The van der Waals surface area contributed by atoms with Crippen molar-refractivity contribution in [3.05, 3.63) is 65.9 Å². The van der Waals surface area contributed by atoms with Crippen molar-refractivity contribution in [1.82, 2.24) is 4.98 Å². The molecule has 4 heteroatoms. The van der Waals surface area contributed by atoms with Gasteiger partial charge in [0, 0.05) is 11.8 Å². The van der Waals surface area contributed by atoms with Gasteiger partial charge in [-0.25, -0.2) is 4.79 Å². The van der Waals surface area contributed by atoms with Gasteiger partial charge in [-0.15, -0.1) is 0 Å². The Kier molecular flexibility index (Phi) is 3.55. The van der Waals surface area contributed by atoms with E-state index in [2.05, 4.69) is 11.1 Å². The number of methoxy groups -OCH3 is 1. The van der Waals surface area contributed by atoms with Crippen molar-refractivity contribution in [2.45, 2.75) is 0 Å². The highest BCUT2D eigenvalue weighted by molar-refractivity contribution is 6.01. The van der Waals surface area contributed by atoms with Gasteiger partial charge in [0.15, 0.2) is 0 Å². The predicted octanol–water partition coefficient (Wildman–Crippen LogP) is 3.56. The van der Waals surface area contributed by atoms with E-state index < -0.39 is 5.97 Å². The molecule has 0 saturated heterocycles. The summed E-state index contributed by atoms with van der Waals surface area (Å²) in [6.07, 6.45) is 1.65. The number of nitriles is 1. The number of carbonyl (C=O) groups excluding carboxylic acids is 1. The summed E-state index contributed by atoms with van der Waals surface area (Å²) in [4.78, 5) is 16.1. The number of fused-ring (bicyclic) bond motifs is 1. The van der Waals surface area contributed by atoms with Crippen molar-refractivity contribution in [2.75, 3.05) is 7.11 Å².